The Hall–Kier alpha value is -3.35. The second-order valence-electron chi connectivity index (χ2n) is 5.18. The van der Waals surface area contributed by atoms with E-state index in [4.69, 9.17) is 14.2 Å². The number of benzene rings is 2. The molecule has 0 saturated carbocycles. The fourth-order valence-corrected chi connectivity index (χ4v) is 2.54. The maximum Gasteiger partial charge on any atom is 0.338 e. The van der Waals surface area contributed by atoms with Gasteiger partial charge in [-0.25, -0.2) is 9.78 Å². The Morgan fingerprint density at radius 1 is 1.00 bits per heavy atom. The van der Waals surface area contributed by atoms with Gasteiger partial charge in [0.15, 0.2) is 0 Å². The Balaban J connectivity index is 2.28. The van der Waals surface area contributed by atoms with Crippen molar-refractivity contribution in [2.45, 2.75) is 0 Å². The first-order valence-corrected chi connectivity index (χ1v) is 7.41. The van der Waals surface area contributed by atoms with Crippen LogP contribution in [0.3, 0.4) is 0 Å². The van der Waals surface area contributed by atoms with Crippen LogP contribution in [0.15, 0.2) is 47.5 Å². The summed E-state index contributed by atoms with van der Waals surface area (Å²) in [5.74, 6) is 0.461. The van der Waals surface area contributed by atoms with Crippen molar-refractivity contribution in [1.82, 2.24) is 9.55 Å². The van der Waals surface area contributed by atoms with Crippen molar-refractivity contribution in [3.05, 3.63) is 58.6 Å². The van der Waals surface area contributed by atoms with Crippen LogP contribution in [0.1, 0.15) is 10.4 Å². The van der Waals surface area contributed by atoms with Gasteiger partial charge >= 0.3 is 5.97 Å². The van der Waals surface area contributed by atoms with Gasteiger partial charge in [-0.2, -0.15) is 0 Å². The molecule has 0 fully saturated rings. The molecule has 0 bridgehead atoms. The molecule has 0 unspecified atom stereocenters. The number of hydrogen-bond acceptors (Lipinski definition) is 6. The third-order valence-corrected chi connectivity index (χ3v) is 3.83. The summed E-state index contributed by atoms with van der Waals surface area (Å²) in [5.41, 5.74) is 0.691. The van der Waals surface area contributed by atoms with Crippen LogP contribution in [0, 0.1) is 0 Å². The van der Waals surface area contributed by atoms with Crippen molar-refractivity contribution in [1.29, 1.82) is 0 Å². The highest BCUT2D eigenvalue weighted by molar-refractivity contribution is 6.03. The number of carbonyl (C=O) groups is 1. The standard InChI is InChI=1S/C18H16N2O5/c1-23-12-6-4-11(5-7-12)20-10-19-15-9-13(24-2)8-14(18(22)25-3)16(15)17(20)21/h4-10H,1-3H3. The van der Waals surface area contributed by atoms with Gasteiger partial charge in [-0.15, -0.1) is 0 Å². The van der Waals surface area contributed by atoms with Crippen LogP contribution in [0.4, 0.5) is 0 Å². The van der Waals surface area contributed by atoms with Gasteiger partial charge in [-0.1, -0.05) is 0 Å². The summed E-state index contributed by atoms with van der Waals surface area (Å²) in [6.45, 7) is 0. The first kappa shape index (κ1) is 16.5. The lowest BCUT2D eigenvalue weighted by Gasteiger charge is -2.11. The van der Waals surface area contributed by atoms with Gasteiger partial charge in [0.25, 0.3) is 5.56 Å². The van der Waals surface area contributed by atoms with Crippen molar-refractivity contribution >= 4 is 16.9 Å². The Labute approximate surface area is 143 Å². The van der Waals surface area contributed by atoms with E-state index in [1.807, 2.05) is 0 Å². The molecule has 0 amide bonds. The van der Waals surface area contributed by atoms with Crippen LogP contribution in [-0.4, -0.2) is 36.8 Å². The quantitative estimate of drug-likeness (QED) is 0.677. The highest BCUT2D eigenvalue weighted by Crippen LogP contribution is 2.23. The van der Waals surface area contributed by atoms with E-state index in [1.165, 1.54) is 31.2 Å². The molecule has 0 saturated heterocycles. The number of rotatable bonds is 4. The SMILES string of the molecule is COC(=O)c1cc(OC)cc2ncn(-c3ccc(OC)cc3)c(=O)c12. The Kier molecular flexibility index (Phi) is 4.38. The number of methoxy groups -OCH3 is 3. The number of nitrogens with zero attached hydrogens (tertiary/aromatic N) is 2. The zero-order chi connectivity index (χ0) is 18.0. The molecule has 3 aromatic rings. The zero-order valence-electron chi connectivity index (χ0n) is 14.0. The average Bonchev–Trinajstić information content (AvgIpc) is 2.66. The zero-order valence-corrected chi connectivity index (χ0v) is 14.0. The van der Waals surface area contributed by atoms with Crippen molar-refractivity contribution in [2.75, 3.05) is 21.3 Å². The lowest BCUT2D eigenvalue weighted by Crippen LogP contribution is -2.21. The van der Waals surface area contributed by atoms with Gasteiger partial charge in [0.1, 0.15) is 17.8 Å². The van der Waals surface area contributed by atoms with Crippen molar-refractivity contribution in [3.8, 4) is 17.2 Å². The predicted octanol–water partition coefficient (Wildman–Crippen LogP) is 2.19. The van der Waals surface area contributed by atoms with E-state index in [2.05, 4.69) is 4.98 Å². The van der Waals surface area contributed by atoms with Crippen LogP contribution in [0.5, 0.6) is 11.5 Å². The van der Waals surface area contributed by atoms with Gasteiger partial charge in [-0.05, 0) is 30.3 Å². The lowest BCUT2D eigenvalue weighted by atomic mass is 10.1. The summed E-state index contributed by atoms with van der Waals surface area (Å²) in [5, 5.41) is 0.172. The van der Waals surface area contributed by atoms with E-state index >= 15 is 0 Å². The topological polar surface area (TPSA) is 79.7 Å². The van der Waals surface area contributed by atoms with Crippen molar-refractivity contribution < 1.29 is 19.0 Å². The molecule has 2 aromatic carbocycles. The second kappa shape index (κ2) is 6.64. The van der Waals surface area contributed by atoms with Gasteiger partial charge in [-0.3, -0.25) is 9.36 Å². The van der Waals surface area contributed by atoms with E-state index in [0.29, 0.717) is 22.7 Å². The smallest absolute Gasteiger partial charge is 0.338 e. The van der Waals surface area contributed by atoms with E-state index in [-0.39, 0.29) is 16.5 Å². The van der Waals surface area contributed by atoms with Crippen molar-refractivity contribution in [2.24, 2.45) is 0 Å². The number of aromatic nitrogens is 2. The van der Waals surface area contributed by atoms with Crippen LogP contribution >= 0.6 is 0 Å². The molecule has 0 aliphatic heterocycles. The molecule has 25 heavy (non-hydrogen) atoms. The molecular weight excluding hydrogens is 324 g/mol. The summed E-state index contributed by atoms with van der Waals surface area (Å²) in [6, 6.07) is 10.0. The minimum absolute atomic E-state index is 0.109. The van der Waals surface area contributed by atoms with Crippen molar-refractivity contribution in [3.63, 3.8) is 0 Å². The molecule has 128 valence electrons. The maximum atomic E-state index is 13.0. The highest BCUT2D eigenvalue weighted by Gasteiger charge is 2.18. The number of ether oxygens (including phenoxy) is 3. The normalized spacial score (nSPS) is 10.5. The molecule has 7 heteroatoms. The molecule has 0 atom stereocenters. The van der Waals surface area contributed by atoms with Crippen LogP contribution in [0.25, 0.3) is 16.6 Å². The highest BCUT2D eigenvalue weighted by atomic mass is 16.5. The molecule has 1 aromatic heterocycles. The van der Waals surface area contributed by atoms with E-state index in [1.54, 1.807) is 37.4 Å². The lowest BCUT2D eigenvalue weighted by molar-refractivity contribution is 0.0602. The van der Waals surface area contributed by atoms with E-state index in [0.717, 1.165) is 0 Å². The third kappa shape index (κ3) is 2.91. The Morgan fingerprint density at radius 2 is 1.68 bits per heavy atom. The molecule has 7 nitrogen and oxygen atoms in total. The minimum Gasteiger partial charge on any atom is -0.497 e. The first-order valence-electron chi connectivity index (χ1n) is 7.41. The fourth-order valence-electron chi connectivity index (χ4n) is 2.54. The Bertz CT molecular complexity index is 993. The number of hydrogen-bond donors (Lipinski definition) is 0. The van der Waals surface area contributed by atoms with Crippen LogP contribution < -0.4 is 15.0 Å². The average molecular weight is 340 g/mol. The van der Waals surface area contributed by atoms with Gasteiger partial charge in [0.2, 0.25) is 0 Å². The van der Waals surface area contributed by atoms with Crippen LogP contribution in [-0.2, 0) is 4.74 Å². The summed E-state index contributed by atoms with van der Waals surface area (Å²) in [7, 11) is 4.29. The molecule has 3 rings (SSSR count). The summed E-state index contributed by atoms with van der Waals surface area (Å²) in [6.07, 6.45) is 1.41. The van der Waals surface area contributed by atoms with E-state index in [9.17, 15) is 9.59 Å². The monoisotopic (exact) mass is 340 g/mol. The summed E-state index contributed by atoms with van der Waals surface area (Å²) >= 11 is 0. The largest absolute Gasteiger partial charge is 0.497 e. The van der Waals surface area contributed by atoms with Gasteiger partial charge in [0.05, 0.1) is 43.5 Å². The molecule has 0 aliphatic rings. The number of carbonyl (C=O) groups excluding carboxylic acids is 1. The fraction of sp³-hybridized carbons (Fsp3) is 0.167. The Morgan fingerprint density at radius 3 is 2.28 bits per heavy atom. The molecule has 1 heterocycles. The predicted molar refractivity (Wildman–Crippen MR) is 91.8 cm³/mol. The molecule has 0 N–H and O–H groups in total. The molecule has 0 spiro atoms. The summed E-state index contributed by atoms with van der Waals surface area (Å²) < 4.78 is 16.4. The number of esters is 1. The van der Waals surface area contributed by atoms with E-state index < -0.39 is 5.97 Å². The minimum atomic E-state index is -0.629. The molecule has 0 radical (unpaired) electrons. The van der Waals surface area contributed by atoms with Crippen LogP contribution in [0.2, 0.25) is 0 Å². The second-order valence-corrected chi connectivity index (χ2v) is 5.18. The third-order valence-electron chi connectivity index (χ3n) is 3.83. The summed E-state index contributed by atoms with van der Waals surface area (Å²) in [4.78, 5) is 29.4. The number of fused-ring (bicyclic) bond motifs is 1. The van der Waals surface area contributed by atoms with Gasteiger partial charge < -0.3 is 14.2 Å². The maximum absolute atomic E-state index is 13.0. The van der Waals surface area contributed by atoms with Gasteiger partial charge in [0, 0.05) is 6.07 Å². The molecule has 0 aliphatic carbocycles. The molecular formula is C18H16N2O5. The first-order chi connectivity index (χ1) is 12.1.